The summed E-state index contributed by atoms with van der Waals surface area (Å²) in [7, 11) is -3.56. The minimum atomic E-state index is -3.56. The Morgan fingerprint density at radius 2 is 1.86 bits per heavy atom. The van der Waals surface area contributed by atoms with Crippen molar-refractivity contribution in [3.63, 3.8) is 0 Å². The SMILES string of the molecule is Cc1ccc(C)c(S(=O)(=O)NC(C)(CN)CC(C)C)c1.Cl. The molecular formula is C15H27ClN2O2S. The minimum Gasteiger partial charge on any atom is -0.329 e. The maximum atomic E-state index is 12.6. The molecule has 0 radical (unpaired) electrons. The van der Waals surface area contributed by atoms with E-state index < -0.39 is 15.6 Å². The molecule has 0 saturated heterocycles. The van der Waals surface area contributed by atoms with Crippen LogP contribution in [0.1, 0.15) is 38.3 Å². The second-order valence-electron chi connectivity index (χ2n) is 6.24. The van der Waals surface area contributed by atoms with Gasteiger partial charge in [0.05, 0.1) is 4.90 Å². The highest BCUT2D eigenvalue weighted by Crippen LogP contribution is 2.22. The summed E-state index contributed by atoms with van der Waals surface area (Å²) >= 11 is 0. The van der Waals surface area contributed by atoms with E-state index in [1.165, 1.54) is 0 Å². The lowest BCUT2D eigenvalue weighted by Crippen LogP contribution is -2.52. The Morgan fingerprint density at radius 3 is 2.33 bits per heavy atom. The quantitative estimate of drug-likeness (QED) is 0.840. The normalized spacial score (nSPS) is 14.6. The second-order valence-corrected chi connectivity index (χ2v) is 7.89. The number of sulfonamides is 1. The summed E-state index contributed by atoms with van der Waals surface area (Å²) in [5.41, 5.74) is 6.83. The van der Waals surface area contributed by atoms with Crippen LogP contribution < -0.4 is 10.5 Å². The fraction of sp³-hybridized carbons (Fsp3) is 0.600. The van der Waals surface area contributed by atoms with Crippen LogP contribution in [-0.4, -0.2) is 20.5 Å². The molecule has 1 atom stereocenters. The van der Waals surface area contributed by atoms with Crippen molar-refractivity contribution in [1.29, 1.82) is 0 Å². The largest absolute Gasteiger partial charge is 0.329 e. The van der Waals surface area contributed by atoms with Crippen molar-refractivity contribution in [3.05, 3.63) is 29.3 Å². The summed E-state index contributed by atoms with van der Waals surface area (Å²) in [5.74, 6) is 0.366. The summed E-state index contributed by atoms with van der Waals surface area (Å²) in [5, 5.41) is 0. The summed E-state index contributed by atoms with van der Waals surface area (Å²) in [6.45, 7) is 9.93. The Labute approximate surface area is 135 Å². The topological polar surface area (TPSA) is 72.2 Å². The number of nitrogens with two attached hydrogens (primary N) is 1. The van der Waals surface area contributed by atoms with E-state index >= 15 is 0 Å². The first-order valence-corrected chi connectivity index (χ1v) is 8.39. The third kappa shape index (κ3) is 5.58. The number of nitrogens with one attached hydrogen (secondary N) is 1. The van der Waals surface area contributed by atoms with Gasteiger partial charge in [-0.1, -0.05) is 26.0 Å². The Hall–Kier alpha value is -0.620. The molecule has 4 nitrogen and oxygen atoms in total. The Bertz CT molecular complexity index is 573. The van der Waals surface area contributed by atoms with Gasteiger partial charge in [0.15, 0.2) is 0 Å². The summed E-state index contributed by atoms with van der Waals surface area (Å²) < 4.78 is 28.0. The van der Waals surface area contributed by atoms with Crippen molar-refractivity contribution in [2.45, 2.75) is 51.5 Å². The van der Waals surface area contributed by atoms with E-state index in [4.69, 9.17) is 5.73 Å². The van der Waals surface area contributed by atoms with Crippen LogP contribution >= 0.6 is 12.4 Å². The fourth-order valence-electron chi connectivity index (χ4n) is 2.44. The zero-order valence-corrected chi connectivity index (χ0v) is 15.1. The molecule has 0 aliphatic carbocycles. The molecule has 0 amide bonds. The molecule has 0 bridgehead atoms. The first kappa shape index (κ1) is 20.4. The number of hydrogen-bond donors (Lipinski definition) is 2. The second kappa shape index (κ2) is 7.58. The lowest BCUT2D eigenvalue weighted by atomic mass is 9.92. The van der Waals surface area contributed by atoms with Crippen LogP contribution in [0.4, 0.5) is 0 Å². The van der Waals surface area contributed by atoms with E-state index in [0.29, 0.717) is 17.2 Å². The van der Waals surface area contributed by atoms with Crippen molar-refractivity contribution < 1.29 is 8.42 Å². The van der Waals surface area contributed by atoms with Crippen LogP contribution in [0.2, 0.25) is 0 Å². The Morgan fingerprint density at radius 1 is 1.29 bits per heavy atom. The number of benzene rings is 1. The lowest BCUT2D eigenvalue weighted by Gasteiger charge is -2.31. The van der Waals surface area contributed by atoms with Crippen LogP contribution in [-0.2, 0) is 10.0 Å². The Kier molecular flexibility index (Phi) is 7.36. The van der Waals surface area contributed by atoms with E-state index in [-0.39, 0.29) is 19.0 Å². The molecule has 0 saturated carbocycles. The predicted molar refractivity (Wildman–Crippen MR) is 90.4 cm³/mol. The van der Waals surface area contributed by atoms with Crippen molar-refractivity contribution in [2.24, 2.45) is 11.7 Å². The predicted octanol–water partition coefficient (Wildman–Crippen LogP) is 2.77. The number of rotatable bonds is 6. The first-order valence-electron chi connectivity index (χ1n) is 6.91. The maximum Gasteiger partial charge on any atom is 0.241 e. The first-order chi connectivity index (χ1) is 9.09. The molecule has 3 N–H and O–H groups in total. The zero-order valence-electron chi connectivity index (χ0n) is 13.4. The van der Waals surface area contributed by atoms with Gasteiger partial charge in [-0.05, 0) is 50.3 Å². The van der Waals surface area contributed by atoms with Crippen molar-refractivity contribution in [2.75, 3.05) is 6.54 Å². The lowest BCUT2D eigenvalue weighted by molar-refractivity contribution is 0.344. The molecule has 0 heterocycles. The van der Waals surface area contributed by atoms with Crippen molar-refractivity contribution in [1.82, 2.24) is 4.72 Å². The Balaban J connectivity index is 0.00000400. The summed E-state index contributed by atoms with van der Waals surface area (Å²) in [6, 6.07) is 5.43. The molecule has 1 unspecified atom stereocenters. The van der Waals surface area contributed by atoms with Gasteiger partial charge in [0, 0.05) is 12.1 Å². The molecule has 122 valence electrons. The van der Waals surface area contributed by atoms with Crippen LogP contribution in [0.15, 0.2) is 23.1 Å². The van der Waals surface area contributed by atoms with E-state index in [1.807, 2.05) is 26.0 Å². The summed E-state index contributed by atoms with van der Waals surface area (Å²) in [4.78, 5) is 0.334. The van der Waals surface area contributed by atoms with Gasteiger partial charge in [-0.15, -0.1) is 12.4 Å². The molecule has 1 rings (SSSR count). The molecular weight excluding hydrogens is 308 g/mol. The molecule has 0 aliphatic heterocycles. The van der Waals surface area contributed by atoms with Crippen LogP contribution in [0.5, 0.6) is 0 Å². The maximum absolute atomic E-state index is 12.6. The van der Waals surface area contributed by atoms with Gasteiger partial charge in [0.25, 0.3) is 0 Å². The molecule has 21 heavy (non-hydrogen) atoms. The summed E-state index contributed by atoms with van der Waals surface area (Å²) in [6.07, 6.45) is 0.702. The third-order valence-electron chi connectivity index (χ3n) is 3.32. The van der Waals surface area contributed by atoms with Gasteiger partial charge in [0.1, 0.15) is 0 Å². The number of halogens is 1. The molecule has 0 fully saturated rings. The molecule has 0 spiro atoms. The van der Waals surface area contributed by atoms with Crippen LogP contribution in [0, 0.1) is 19.8 Å². The third-order valence-corrected chi connectivity index (χ3v) is 5.10. The number of hydrogen-bond acceptors (Lipinski definition) is 3. The van der Waals surface area contributed by atoms with Gasteiger partial charge >= 0.3 is 0 Å². The van der Waals surface area contributed by atoms with E-state index in [1.54, 1.807) is 13.0 Å². The van der Waals surface area contributed by atoms with E-state index in [9.17, 15) is 8.42 Å². The van der Waals surface area contributed by atoms with E-state index in [2.05, 4.69) is 18.6 Å². The monoisotopic (exact) mass is 334 g/mol. The number of aryl methyl sites for hydroxylation is 2. The smallest absolute Gasteiger partial charge is 0.241 e. The highest BCUT2D eigenvalue weighted by Gasteiger charge is 2.30. The molecule has 0 aromatic heterocycles. The zero-order chi connectivity index (χ0) is 15.6. The van der Waals surface area contributed by atoms with Gasteiger partial charge in [0.2, 0.25) is 10.0 Å². The molecule has 6 heteroatoms. The van der Waals surface area contributed by atoms with Crippen LogP contribution in [0.3, 0.4) is 0 Å². The van der Waals surface area contributed by atoms with Gasteiger partial charge in [-0.2, -0.15) is 0 Å². The molecule has 1 aromatic carbocycles. The van der Waals surface area contributed by atoms with Crippen LogP contribution in [0.25, 0.3) is 0 Å². The standard InChI is InChI=1S/C15H26N2O2S.ClH/c1-11(2)9-15(5,10-16)17-20(18,19)14-8-12(3)6-7-13(14)4;/h6-8,11,17H,9-10,16H2,1-5H3;1H. The highest BCUT2D eigenvalue weighted by molar-refractivity contribution is 7.89. The molecule has 1 aromatic rings. The van der Waals surface area contributed by atoms with E-state index in [0.717, 1.165) is 11.1 Å². The average Bonchev–Trinajstić information content (AvgIpc) is 2.30. The van der Waals surface area contributed by atoms with Crippen molar-refractivity contribution >= 4 is 22.4 Å². The van der Waals surface area contributed by atoms with Crippen molar-refractivity contribution in [3.8, 4) is 0 Å². The van der Waals surface area contributed by atoms with Gasteiger partial charge in [-0.3, -0.25) is 0 Å². The van der Waals surface area contributed by atoms with Gasteiger partial charge < -0.3 is 5.73 Å². The minimum absolute atomic E-state index is 0. The average molecular weight is 335 g/mol. The fourth-order valence-corrected chi connectivity index (χ4v) is 4.20. The highest BCUT2D eigenvalue weighted by atomic mass is 35.5. The van der Waals surface area contributed by atoms with Gasteiger partial charge in [-0.25, -0.2) is 13.1 Å². The molecule has 0 aliphatic rings.